The Hall–Kier alpha value is -0.0800. The van der Waals surface area contributed by atoms with Gasteiger partial charge in [0.2, 0.25) is 0 Å². The van der Waals surface area contributed by atoms with E-state index in [4.69, 9.17) is 0 Å². The number of aliphatic hydroxyl groups excluding tert-OH is 1. The molecule has 7 aliphatic rings. The summed E-state index contributed by atoms with van der Waals surface area (Å²) in [5.41, 5.74) is 0. The van der Waals surface area contributed by atoms with Gasteiger partial charge in [-0.2, -0.15) is 0 Å². The summed E-state index contributed by atoms with van der Waals surface area (Å²) < 4.78 is 0. The molecule has 1 N–H and O–H groups in total. The molecule has 4 unspecified atom stereocenters. The van der Waals surface area contributed by atoms with Crippen LogP contribution in [0.15, 0.2) is 0 Å². The Morgan fingerprint density at radius 1 is 0.326 bits per heavy atom. The van der Waals surface area contributed by atoms with Crippen LogP contribution in [0, 0.1) is 47.3 Å². The lowest BCUT2D eigenvalue weighted by molar-refractivity contribution is -0.120. The summed E-state index contributed by atoms with van der Waals surface area (Å²) in [5.74, 6) is 6.73. The lowest BCUT2D eigenvalue weighted by atomic mass is 9.60. The molecule has 1 heterocycles. The largest absolute Gasteiger partial charge is 0.393 e. The first-order valence-corrected chi connectivity index (χ1v) is 20.7. The van der Waals surface area contributed by atoms with E-state index >= 15 is 0 Å². The summed E-state index contributed by atoms with van der Waals surface area (Å²) in [6, 6.07) is 2.47. The number of aliphatic hydroxyl groups is 1. The highest BCUT2D eigenvalue weighted by Gasteiger charge is 2.51. The molecule has 7 fully saturated rings. The Labute approximate surface area is 267 Å². The van der Waals surface area contributed by atoms with Gasteiger partial charge in [-0.1, -0.05) is 135 Å². The second-order valence-electron chi connectivity index (χ2n) is 17.7. The van der Waals surface area contributed by atoms with Crippen LogP contribution in [-0.2, 0) is 0 Å². The Kier molecular flexibility index (Phi) is 11.2. The average Bonchev–Trinajstić information content (AvgIpc) is 3.10. The van der Waals surface area contributed by atoms with E-state index in [0.29, 0.717) is 11.8 Å². The van der Waals surface area contributed by atoms with Gasteiger partial charge in [0.1, 0.15) is 0 Å². The van der Waals surface area contributed by atoms with E-state index < -0.39 is 0 Å². The minimum Gasteiger partial charge on any atom is -0.393 e. The maximum Gasteiger partial charge on any atom is 0.0603 e. The van der Waals surface area contributed by atoms with E-state index in [1.165, 1.54) is 161 Å². The summed E-state index contributed by atoms with van der Waals surface area (Å²) in [6.07, 6.45) is 42.6. The molecule has 6 aliphatic carbocycles. The fraction of sp³-hybridized carbons (Fsp3) is 1.00. The molecule has 0 bridgehead atoms. The van der Waals surface area contributed by atoms with Crippen LogP contribution in [0.1, 0.15) is 186 Å². The van der Waals surface area contributed by atoms with Crippen LogP contribution >= 0.6 is 0 Å². The minimum absolute atomic E-state index is 0.0107. The Morgan fingerprint density at radius 2 is 0.651 bits per heavy atom. The van der Waals surface area contributed by atoms with Crippen molar-refractivity contribution in [2.24, 2.45) is 47.3 Å². The van der Waals surface area contributed by atoms with Gasteiger partial charge in [-0.15, -0.1) is 0 Å². The van der Waals surface area contributed by atoms with Gasteiger partial charge >= 0.3 is 0 Å². The first kappa shape index (κ1) is 31.5. The number of hydrogen-bond donors (Lipinski definition) is 1. The van der Waals surface area contributed by atoms with Gasteiger partial charge in [-0.05, 0) is 98.7 Å². The molecule has 6 saturated carbocycles. The van der Waals surface area contributed by atoms with Crippen molar-refractivity contribution in [2.45, 2.75) is 210 Å². The maximum absolute atomic E-state index is 12.3. The molecule has 246 valence electrons. The summed E-state index contributed by atoms with van der Waals surface area (Å²) in [6.45, 7) is 0. The van der Waals surface area contributed by atoms with Crippen molar-refractivity contribution >= 4 is 0 Å². The molecule has 2 nitrogen and oxygen atoms in total. The first-order valence-electron chi connectivity index (χ1n) is 20.7. The van der Waals surface area contributed by atoms with Crippen LogP contribution in [0.25, 0.3) is 0 Å². The number of hydrogen-bond acceptors (Lipinski definition) is 2. The lowest BCUT2D eigenvalue weighted by Gasteiger charge is -2.59. The van der Waals surface area contributed by atoms with E-state index in [0.717, 1.165) is 53.6 Å². The topological polar surface area (TPSA) is 23.5 Å². The third kappa shape index (κ3) is 7.26. The van der Waals surface area contributed by atoms with E-state index in [9.17, 15) is 5.11 Å². The van der Waals surface area contributed by atoms with Crippen molar-refractivity contribution in [3.63, 3.8) is 0 Å². The number of rotatable bonds is 6. The van der Waals surface area contributed by atoms with E-state index in [1.54, 1.807) is 25.7 Å². The van der Waals surface area contributed by atoms with Gasteiger partial charge in [0.15, 0.2) is 0 Å². The highest BCUT2D eigenvalue weighted by molar-refractivity contribution is 5.04. The molecule has 7 rings (SSSR count). The van der Waals surface area contributed by atoms with E-state index in [1.807, 2.05) is 0 Å². The molecule has 2 heteroatoms. The SMILES string of the molecule is OC1C(C2CCCCC2)CC(N2C(C3CCCCC3)CC(C3CCCCC3)CC2C2CCCCC2)CC1C1CCCCC1. The standard InChI is InChI=1S/C41H71NO/c43-41-37(31-18-8-2-9-19-31)28-36(29-38(41)32-20-10-3-11-21-32)42-39(33-22-12-4-13-23-33)26-35(30-16-6-1-7-17-30)27-40(42)34-24-14-5-15-25-34/h30-41,43H,1-29H2. The van der Waals surface area contributed by atoms with Crippen LogP contribution in [0.2, 0.25) is 0 Å². The third-order valence-corrected chi connectivity index (χ3v) is 15.5. The van der Waals surface area contributed by atoms with Crippen LogP contribution in [0.3, 0.4) is 0 Å². The zero-order valence-electron chi connectivity index (χ0n) is 28.3. The number of likely N-dealkylation sites (tertiary alicyclic amines) is 1. The monoisotopic (exact) mass is 594 g/mol. The molecular formula is C41H71NO. The van der Waals surface area contributed by atoms with Crippen molar-refractivity contribution in [3.8, 4) is 0 Å². The quantitative estimate of drug-likeness (QED) is 0.331. The number of nitrogens with zero attached hydrogens (tertiary/aromatic N) is 1. The summed E-state index contributed by atoms with van der Waals surface area (Å²) in [4.78, 5) is 3.39. The van der Waals surface area contributed by atoms with Gasteiger partial charge in [-0.25, -0.2) is 0 Å². The molecule has 43 heavy (non-hydrogen) atoms. The molecule has 1 aliphatic heterocycles. The number of piperidine rings is 1. The Bertz CT molecular complexity index is 756. The minimum atomic E-state index is -0.0107. The van der Waals surface area contributed by atoms with Crippen molar-refractivity contribution in [1.29, 1.82) is 0 Å². The van der Waals surface area contributed by atoms with Crippen LogP contribution in [-0.4, -0.2) is 34.2 Å². The smallest absolute Gasteiger partial charge is 0.0603 e. The van der Waals surface area contributed by atoms with E-state index in [2.05, 4.69) is 4.90 Å². The summed E-state index contributed by atoms with van der Waals surface area (Å²) >= 11 is 0. The highest BCUT2D eigenvalue weighted by Crippen LogP contribution is 2.52. The predicted molar refractivity (Wildman–Crippen MR) is 181 cm³/mol. The van der Waals surface area contributed by atoms with Gasteiger partial charge < -0.3 is 5.11 Å². The van der Waals surface area contributed by atoms with Crippen LogP contribution < -0.4 is 0 Å². The maximum atomic E-state index is 12.3. The second-order valence-corrected chi connectivity index (χ2v) is 17.7. The van der Waals surface area contributed by atoms with Gasteiger partial charge in [0, 0.05) is 18.1 Å². The third-order valence-electron chi connectivity index (χ3n) is 15.5. The van der Waals surface area contributed by atoms with Crippen molar-refractivity contribution in [3.05, 3.63) is 0 Å². The average molecular weight is 594 g/mol. The Morgan fingerprint density at radius 3 is 1.02 bits per heavy atom. The molecule has 0 aromatic carbocycles. The molecular weight excluding hydrogens is 522 g/mol. The van der Waals surface area contributed by atoms with Gasteiger partial charge in [0.05, 0.1) is 6.10 Å². The lowest BCUT2D eigenvalue weighted by Crippen LogP contribution is -2.62. The fourth-order valence-electron chi connectivity index (χ4n) is 13.3. The molecule has 4 atom stereocenters. The summed E-state index contributed by atoms with van der Waals surface area (Å²) in [5, 5.41) is 12.3. The molecule has 0 amide bonds. The second kappa shape index (κ2) is 15.2. The first-order chi connectivity index (χ1) is 21.3. The van der Waals surface area contributed by atoms with Crippen molar-refractivity contribution < 1.29 is 5.11 Å². The predicted octanol–water partition coefficient (Wildman–Crippen LogP) is 11.1. The summed E-state index contributed by atoms with van der Waals surface area (Å²) in [7, 11) is 0. The zero-order chi connectivity index (χ0) is 29.0. The highest BCUT2D eigenvalue weighted by atomic mass is 16.3. The van der Waals surface area contributed by atoms with Gasteiger partial charge in [-0.3, -0.25) is 4.90 Å². The van der Waals surface area contributed by atoms with Gasteiger partial charge in [0.25, 0.3) is 0 Å². The van der Waals surface area contributed by atoms with E-state index in [-0.39, 0.29) is 6.10 Å². The molecule has 0 radical (unpaired) electrons. The van der Waals surface area contributed by atoms with Crippen LogP contribution in [0.4, 0.5) is 0 Å². The fourth-order valence-corrected chi connectivity index (χ4v) is 13.3. The molecule has 1 saturated heterocycles. The molecule has 0 aromatic heterocycles. The van der Waals surface area contributed by atoms with Crippen molar-refractivity contribution in [2.75, 3.05) is 0 Å². The van der Waals surface area contributed by atoms with Crippen molar-refractivity contribution in [1.82, 2.24) is 4.90 Å². The molecule has 0 spiro atoms. The molecule has 0 aromatic rings. The van der Waals surface area contributed by atoms with Crippen LogP contribution in [0.5, 0.6) is 0 Å². The normalized spacial score (nSPS) is 41.4. The Balaban J connectivity index is 1.22. The zero-order valence-corrected chi connectivity index (χ0v) is 28.3.